The molecule has 0 saturated carbocycles. The van der Waals surface area contributed by atoms with Crippen LogP contribution in [0.5, 0.6) is 0 Å². The Bertz CT molecular complexity index is 691. The van der Waals surface area contributed by atoms with Crippen LogP contribution < -0.4 is 5.73 Å². The van der Waals surface area contributed by atoms with Crippen LogP contribution in [0.1, 0.15) is 38.8 Å². The van der Waals surface area contributed by atoms with Crippen LogP contribution in [0.15, 0.2) is 60.7 Å². The van der Waals surface area contributed by atoms with Gasteiger partial charge in [-0.25, -0.2) is 0 Å². The molecule has 0 amide bonds. The van der Waals surface area contributed by atoms with Gasteiger partial charge in [-0.3, -0.25) is 4.79 Å². The van der Waals surface area contributed by atoms with Gasteiger partial charge in [0.2, 0.25) is 0 Å². The lowest BCUT2D eigenvalue weighted by Gasteiger charge is -2.48. The van der Waals surface area contributed by atoms with Gasteiger partial charge in [0.1, 0.15) is 0 Å². The number of hydrogen-bond acceptors (Lipinski definition) is 2. The van der Waals surface area contributed by atoms with E-state index in [0.717, 1.165) is 11.1 Å². The summed E-state index contributed by atoms with van der Waals surface area (Å²) in [6.07, 6.45) is 0.632. The van der Waals surface area contributed by atoms with Gasteiger partial charge in [0.25, 0.3) is 0 Å². The number of rotatable bonds is 7. The molecule has 2 aromatic carbocycles. The first-order chi connectivity index (χ1) is 11.7. The molecule has 0 aromatic heterocycles. The van der Waals surface area contributed by atoms with Gasteiger partial charge in [0.15, 0.2) is 0 Å². The average molecular weight is 339 g/mol. The normalized spacial score (nSPS) is 16.7. The number of nitrogens with two attached hydrogens (primary N) is 1. The SMILES string of the molecule is CC(C(=O)O)C(Cc1ccccc1)(c1ccccc1)C(C)C(C)(C)N. The Balaban J connectivity index is 2.71. The van der Waals surface area contributed by atoms with Gasteiger partial charge in [-0.1, -0.05) is 74.5 Å². The smallest absolute Gasteiger partial charge is 0.307 e. The van der Waals surface area contributed by atoms with E-state index in [1.54, 1.807) is 6.92 Å². The minimum absolute atomic E-state index is 0.0475. The lowest BCUT2D eigenvalue weighted by Crippen LogP contribution is -2.56. The molecular weight excluding hydrogens is 310 g/mol. The van der Waals surface area contributed by atoms with Crippen LogP contribution in [0.3, 0.4) is 0 Å². The predicted octanol–water partition coefficient (Wildman–Crippen LogP) is 4.26. The van der Waals surface area contributed by atoms with Gasteiger partial charge in [-0.05, 0) is 37.3 Å². The number of hydrogen-bond donors (Lipinski definition) is 2. The van der Waals surface area contributed by atoms with Crippen molar-refractivity contribution in [2.24, 2.45) is 17.6 Å². The van der Waals surface area contributed by atoms with Gasteiger partial charge in [0.05, 0.1) is 5.92 Å². The maximum Gasteiger partial charge on any atom is 0.307 e. The van der Waals surface area contributed by atoms with Crippen LogP contribution in [0.2, 0.25) is 0 Å². The topological polar surface area (TPSA) is 63.3 Å². The summed E-state index contributed by atoms with van der Waals surface area (Å²) in [4.78, 5) is 12.1. The molecule has 134 valence electrons. The molecule has 0 aliphatic heterocycles. The fourth-order valence-electron chi connectivity index (χ4n) is 3.85. The van der Waals surface area contributed by atoms with Crippen LogP contribution >= 0.6 is 0 Å². The summed E-state index contributed by atoms with van der Waals surface area (Å²) in [7, 11) is 0. The molecule has 0 aliphatic rings. The van der Waals surface area contributed by atoms with E-state index in [9.17, 15) is 9.90 Å². The van der Waals surface area contributed by atoms with E-state index in [-0.39, 0.29) is 5.92 Å². The number of benzene rings is 2. The summed E-state index contributed by atoms with van der Waals surface area (Å²) < 4.78 is 0. The van der Waals surface area contributed by atoms with Crippen molar-refractivity contribution in [3.8, 4) is 0 Å². The highest BCUT2D eigenvalue weighted by Gasteiger charge is 2.49. The molecule has 3 unspecified atom stereocenters. The molecule has 0 heterocycles. The van der Waals surface area contributed by atoms with E-state index in [1.807, 2.05) is 62.4 Å². The summed E-state index contributed by atoms with van der Waals surface area (Å²) in [5, 5.41) is 9.93. The van der Waals surface area contributed by atoms with Gasteiger partial charge in [0, 0.05) is 11.0 Å². The van der Waals surface area contributed by atoms with Gasteiger partial charge < -0.3 is 10.8 Å². The zero-order valence-electron chi connectivity index (χ0n) is 15.6. The quantitative estimate of drug-likeness (QED) is 0.792. The number of aliphatic carboxylic acids is 1. The van der Waals surface area contributed by atoms with Crippen molar-refractivity contribution in [2.45, 2.75) is 45.1 Å². The highest BCUT2D eigenvalue weighted by atomic mass is 16.4. The lowest BCUT2D eigenvalue weighted by atomic mass is 9.56. The molecule has 2 rings (SSSR count). The zero-order chi connectivity index (χ0) is 18.7. The maximum atomic E-state index is 12.1. The van der Waals surface area contributed by atoms with Crippen LogP contribution in [0.4, 0.5) is 0 Å². The maximum absolute atomic E-state index is 12.1. The Labute approximate surface area is 150 Å². The number of carboxylic acid groups (broad SMARTS) is 1. The summed E-state index contributed by atoms with van der Waals surface area (Å²) in [6.45, 7) is 7.85. The molecule has 0 saturated heterocycles. The summed E-state index contributed by atoms with van der Waals surface area (Å²) in [6, 6.07) is 20.1. The molecule has 0 aliphatic carbocycles. The average Bonchev–Trinajstić information content (AvgIpc) is 2.59. The van der Waals surface area contributed by atoms with Crippen molar-refractivity contribution in [2.75, 3.05) is 0 Å². The molecule has 3 nitrogen and oxygen atoms in total. The monoisotopic (exact) mass is 339 g/mol. The first-order valence-corrected chi connectivity index (χ1v) is 8.80. The third-order valence-corrected chi connectivity index (χ3v) is 5.68. The summed E-state index contributed by atoms with van der Waals surface area (Å²) in [5.74, 6) is -1.42. The van der Waals surface area contributed by atoms with E-state index in [0.29, 0.717) is 6.42 Å². The van der Waals surface area contributed by atoms with E-state index < -0.39 is 22.8 Å². The minimum Gasteiger partial charge on any atom is -0.481 e. The van der Waals surface area contributed by atoms with Crippen molar-refractivity contribution < 1.29 is 9.90 Å². The van der Waals surface area contributed by atoms with Crippen LogP contribution in [-0.4, -0.2) is 16.6 Å². The Hall–Kier alpha value is -2.13. The Morgan fingerprint density at radius 2 is 1.48 bits per heavy atom. The van der Waals surface area contributed by atoms with Gasteiger partial charge >= 0.3 is 5.97 Å². The van der Waals surface area contributed by atoms with E-state index in [1.165, 1.54) is 0 Å². The molecule has 3 N–H and O–H groups in total. The number of carboxylic acids is 1. The standard InChI is InChI=1S/C22H29NO2/c1-16(20(24)25)22(17(2)21(3,4)23,19-13-9-6-10-14-19)15-18-11-7-5-8-12-18/h5-14,16-17H,15,23H2,1-4H3,(H,24,25). The second-order valence-electron chi connectivity index (χ2n) is 7.67. The summed E-state index contributed by atoms with van der Waals surface area (Å²) in [5.41, 5.74) is 7.53. The van der Waals surface area contributed by atoms with E-state index in [4.69, 9.17) is 5.73 Å². The van der Waals surface area contributed by atoms with E-state index in [2.05, 4.69) is 19.1 Å². The van der Waals surface area contributed by atoms with Crippen LogP contribution in [0, 0.1) is 11.8 Å². The van der Waals surface area contributed by atoms with Crippen molar-refractivity contribution in [1.82, 2.24) is 0 Å². The Kier molecular flexibility index (Phi) is 5.69. The molecule has 2 aromatic rings. The first-order valence-electron chi connectivity index (χ1n) is 8.80. The Morgan fingerprint density at radius 3 is 1.92 bits per heavy atom. The molecule has 0 radical (unpaired) electrons. The van der Waals surface area contributed by atoms with Crippen molar-refractivity contribution in [3.05, 3.63) is 71.8 Å². The fourth-order valence-corrected chi connectivity index (χ4v) is 3.85. The minimum atomic E-state index is -0.795. The van der Waals surface area contributed by atoms with E-state index >= 15 is 0 Å². The second-order valence-corrected chi connectivity index (χ2v) is 7.67. The molecule has 3 heteroatoms. The fraction of sp³-hybridized carbons (Fsp3) is 0.409. The Morgan fingerprint density at radius 1 is 1.00 bits per heavy atom. The first kappa shape index (κ1) is 19.2. The molecule has 0 spiro atoms. The summed E-state index contributed by atoms with van der Waals surface area (Å²) >= 11 is 0. The second kappa shape index (κ2) is 7.40. The lowest BCUT2D eigenvalue weighted by molar-refractivity contribution is -0.145. The number of carbonyl (C=O) groups is 1. The predicted molar refractivity (Wildman–Crippen MR) is 102 cm³/mol. The third-order valence-electron chi connectivity index (χ3n) is 5.68. The third kappa shape index (κ3) is 3.93. The highest BCUT2D eigenvalue weighted by molar-refractivity contribution is 5.72. The van der Waals surface area contributed by atoms with Gasteiger partial charge in [-0.2, -0.15) is 0 Å². The molecule has 0 bridgehead atoms. The van der Waals surface area contributed by atoms with Crippen LogP contribution in [0.25, 0.3) is 0 Å². The molecule has 3 atom stereocenters. The zero-order valence-corrected chi connectivity index (χ0v) is 15.6. The van der Waals surface area contributed by atoms with Crippen molar-refractivity contribution in [1.29, 1.82) is 0 Å². The molecule has 25 heavy (non-hydrogen) atoms. The molecular formula is C22H29NO2. The molecule has 0 fully saturated rings. The van der Waals surface area contributed by atoms with Crippen molar-refractivity contribution >= 4 is 5.97 Å². The van der Waals surface area contributed by atoms with Crippen molar-refractivity contribution in [3.63, 3.8) is 0 Å². The highest BCUT2D eigenvalue weighted by Crippen LogP contribution is 2.46. The largest absolute Gasteiger partial charge is 0.481 e. The van der Waals surface area contributed by atoms with Gasteiger partial charge in [-0.15, -0.1) is 0 Å². The van der Waals surface area contributed by atoms with Crippen LogP contribution in [-0.2, 0) is 16.6 Å².